The van der Waals surface area contributed by atoms with E-state index in [9.17, 15) is 0 Å². The third-order valence-corrected chi connectivity index (χ3v) is 1.68. The zero-order valence-electron chi connectivity index (χ0n) is 5.02. The molecule has 0 radical (unpaired) electrons. The van der Waals surface area contributed by atoms with Crippen molar-refractivity contribution < 1.29 is 0 Å². The lowest BCUT2D eigenvalue weighted by atomic mass is 10.0. The fourth-order valence-electron chi connectivity index (χ4n) is 0.983. The second kappa shape index (κ2) is 2.15. The van der Waals surface area contributed by atoms with E-state index in [-0.39, 0.29) is 5.92 Å². The van der Waals surface area contributed by atoms with E-state index < -0.39 is 0 Å². The van der Waals surface area contributed by atoms with Gasteiger partial charge in [-0.15, -0.1) is 0 Å². The molecule has 44 valence electrons. The summed E-state index contributed by atoms with van der Waals surface area (Å²) in [5.74, 6) is 0.815. The van der Waals surface area contributed by atoms with E-state index in [1.54, 1.807) is 0 Å². The van der Waals surface area contributed by atoms with E-state index in [1.807, 2.05) is 0 Å². The van der Waals surface area contributed by atoms with E-state index in [0.29, 0.717) is 5.92 Å². The average Bonchev–Trinajstić information content (AvgIpc) is 2.14. The average molecular weight is 110 g/mol. The molecule has 1 N–H and O–H groups in total. The van der Waals surface area contributed by atoms with Crippen LogP contribution < -0.4 is 5.32 Å². The van der Waals surface area contributed by atoms with Gasteiger partial charge >= 0.3 is 0 Å². The van der Waals surface area contributed by atoms with Crippen LogP contribution in [0.25, 0.3) is 0 Å². The van der Waals surface area contributed by atoms with Gasteiger partial charge in [-0.05, 0) is 12.5 Å². The molecule has 2 heteroatoms. The highest BCUT2D eigenvalue weighted by atomic mass is 14.9. The fourth-order valence-corrected chi connectivity index (χ4v) is 0.983. The van der Waals surface area contributed by atoms with Crippen LogP contribution in [0.4, 0.5) is 0 Å². The van der Waals surface area contributed by atoms with Gasteiger partial charge in [0, 0.05) is 6.54 Å². The van der Waals surface area contributed by atoms with E-state index in [2.05, 4.69) is 18.3 Å². The van der Waals surface area contributed by atoms with Crippen LogP contribution in [0.5, 0.6) is 0 Å². The molecular weight excluding hydrogens is 100 g/mol. The summed E-state index contributed by atoms with van der Waals surface area (Å²) < 4.78 is 0. The molecule has 0 bridgehead atoms. The highest BCUT2D eigenvalue weighted by Gasteiger charge is 2.21. The summed E-state index contributed by atoms with van der Waals surface area (Å²) in [4.78, 5) is 0. The van der Waals surface area contributed by atoms with Gasteiger partial charge in [-0.25, -0.2) is 0 Å². The first-order chi connectivity index (χ1) is 3.84. The Morgan fingerprint density at radius 3 is 2.62 bits per heavy atom. The predicted octanol–water partition coefficient (Wildman–Crippen LogP) is 0.365. The van der Waals surface area contributed by atoms with Crippen molar-refractivity contribution in [1.29, 1.82) is 5.26 Å². The maximum Gasteiger partial charge on any atom is 0.0672 e. The van der Waals surface area contributed by atoms with Crippen molar-refractivity contribution in [3.05, 3.63) is 0 Å². The summed E-state index contributed by atoms with van der Waals surface area (Å²) in [5.41, 5.74) is 0. The molecule has 1 saturated heterocycles. The summed E-state index contributed by atoms with van der Waals surface area (Å²) >= 11 is 0. The van der Waals surface area contributed by atoms with Crippen LogP contribution in [0.1, 0.15) is 6.92 Å². The van der Waals surface area contributed by atoms with Crippen LogP contribution in [-0.4, -0.2) is 13.1 Å². The Labute approximate surface area is 49.5 Å². The first-order valence-electron chi connectivity index (χ1n) is 2.95. The second-order valence-corrected chi connectivity index (χ2v) is 2.37. The normalized spacial score (nSPS) is 37.0. The van der Waals surface area contributed by atoms with Gasteiger partial charge < -0.3 is 5.32 Å². The summed E-state index contributed by atoms with van der Waals surface area (Å²) in [6.45, 7) is 4.00. The summed E-state index contributed by atoms with van der Waals surface area (Å²) in [6, 6.07) is 2.25. The molecule has 0 aromatic heterocycles. The van der Waals surface area contributed by atoms with Crippen LogP contribution in [0.3, 0.4) is 0 Å². The molecule has 1 aliphatic rings. The third kappa shape index (κ3) is 0.823. The molecule has 0 aromatic carbocycles. The minimum absolute atomic E-state index is 0.259. The zero-order valence-corrected chi connectivity index (χ0v) is 5.02. The Hall–Kier alpha value is -0.550. The molecule has 2 nitrogen and oxygen atoms in total. The van der Waals surface area contributed by atoms with E-state index in [4.69, 9.17) is 5.26 Å². The Kier molecular flexibility index (Phi) is 1.50. The van der Waals surface area contributed by atoms with Crippen molar-refractivity contribution in [3.63, 3.8) is 0 Å². The summed E-state index contributed by atoms with van der Waals surface area (Å²) in [5, 5.41) is 11.6. The Morgan fingerprint density at radius 1 is 1.62 bits per heavy atom. The predicted molar refractivity (Wildman–Crippen MR) is 31.1 cm³/mol. The van der Waals surface area contributed by atoms with Crippen molar-refractivity contribution in [2.24, 2.45) is 11.8 Å². The number of hydrogen-bond donors (Lipinski definition) is 1. The molecule has 8 heavy (non-hydrogen) atoms. The molecule has 1 heterocycles. The highest BCUT2D eigenvalue weighted by Crippen LogP contribution is 2.13. The van der Waals surface area contributed by atoms with Crippen LogP contribution in [-0.2, 0) is 0 Å². The van der Waals surface area contributed by atoms with Crippen LogP contribution in [0.2, 0.25) is 0 Å². The lowest BCUT2D eigenvalue weighted by molar-refractivity contribution is 0.553. The SMILES string of the molecule is C[C@@H]1CNCC1C#N. The number of rotatable bonds is 0. The number of hydrogen-bond acceptors (Lipinski definition) is 2. The molecule has 1 aliphatic heterocycles. The van der Waals surface area contributed by atoms with Gasteiger partial charge in [-0.1, -0.05) is 6.92 Å². The highest BCUT2D eigenvalue weighted by molar-refractivity contribution is 4.92. The van der Waals surface area contributed by atoms with Crippen molar-refractivity contribution >= 4 is 0 Å². The third-order valence-electron chi connectivity index (χ3n) is 1.68. The van der Waals surface area contributed by atoms with Crippen molar-refractivity contribution in [2.75, 3.05) is 13.1 Å². The number of nitrogens with one attached hydrogen (secondary N) is 1. The maximum atomic E-state index is 8.45. The molecule has 1 fully saturated rings. The van der Waals surface area contributed by atoms with Crippen LogP contribution in [0, 0.1) is 23.2 Å². The van der Waals surface area contributed by atoms with Crippen molar-refractivity contribution in [2.45, 2.75) is 6.92 Å². The van der Waals surface area contributed by atoms with Gasteiger partial charge in [0.05, 0.1) is 12.0 Å². The molecule has 0 aromatic rings. The van der Waals surface area contributed by atoms with Crippen LogP contribution in [0.15, 0.2) is 0 Å². The Bertz CT molecular complexity index is 114. The molecule has 0 saturated carbocycles. The monoisotopic (exact) mass is 110 g/mol. The van der Waals surface area contributed by atoms with E-state index >= 15 is 0 Å². The van der Waals surface area contributed by atoms with Gasteiger partial charge in [0.1, 0.15) is 0 Å². The van der Waals surface area contributed by atoms with Gasteiger partial charge in [-0.2, -0.15) is 5.26 Å². The lowest BCUT2D eigenvalue weighted by Gasteiger charge is -2.00. The van der Waals surface area contributed by atoms with Gasteiger partial charge in [0.2, 0.25) is 0 Å². The lowest BCUT2D eigenvalue weighted by Crippen LogP contribution is -2.07. The molecule has 0 amide bonds. The van der Waals surface area contributed by atoms with E-state index in [0.717, 1.165) is 13.1 Å². The quantitative estimate of drug-likeness (QED) is 0.489. The summed E-state index contributed by atoms with van der Waals surface area (Å²) in [6.07, 6.45) is 0. The van der Waals surface area contributed by atoms with Gasteiger partial charge in [0.15, 0.2) is 0 Å². The molecule has 1 rings (SSSR count). The van der Waals surface area contributed by atoms with Crippen molar-refractivity contribution in [1.82, 2.24) is 5.32 Å². The van der Waals surface area contributed by atoms with Crippen LogP contribution >= 0.6 is 0 Å². The minimum Gasteiger partial charge on any atom is -0.315 e. The zero-order chi connectivity index (χ0) is 5.98. The second-order valence-electron chi connectivity index (χ2n) is 2.37. The van der Waals surface area contributed by atoms with E-state index in [1.165, 1.54) is 0 Å². The largest absolute Gasteiger partial charge is 0.315 e. The molecule has 2 atom stereocenters. The Balaban J connectivity index is 2.45. The van der Waals surface area contributed by atoms with Gasteiger partial charge in [0.25, 0.3) is 0 Å². The van der Waals surface area contributed by atoms with Gasteiger partial charge in [-0.3, -0.25) is 0 Å². The fraction of sp³-hybridized carbons (Fsp3) is 0.833. The molecule has 0 spiro atoms. The molecular formula is C6H10N2. The first kappa shape index (κ1) is 5.58. The molecule has 0 aliphatic carbocycles. The number of nitrogens with zero attached hydrogens (tertiary/aromatic N) is 1. The first-order valence-corrected chi connectivity index (χ1v) is 2.95. The molecule has 1 unspecified atom stereocenters. The maximum absolute atomic E-state index is 8.45. The standard InChI is InChI=1S/C6H10N2/c1-5-3-8-4-6(5)2-7/h5-6,8H,3-4H2,1H3/t5-,6?/m1/s1. The number of nitriles is 1. The smallest absolute Gasteiger partial charge is 0.0672 e. The topological polar surface area (TPSA) is 35.8 Å². The minimum atomic E-state index is 0.259. The van der Waals surface area contributed by atoms with Crippen molar-refractivity contribution in [3.8, 4) is 6.07 Å². The Morgan fingerprint density at radius 2 is 2.38 bits per heavy atom. The summed E-state index contributed by atoms with van der Waals surface area (Å²) in [7, 11) is 0.